The number of nitrogens with two attached hydrogens (primary N) is 1. The number of carbonyl (C=O) groups excluding carboxylic acids is 1. The molecule has 126 valence electrons. The van der Waals surface area contributed by atoms with Crippen LogP contribution < -0.4 is 20.5 Å². The standard InChI is InChI=1S/C15H14ClN3O5/c1-23-13-7-14(24-2)11(6-9(13)16)18-15(20)8-3-4-10(17)12(5-8)19(21)22/h3-7H,17H2,1-2H3,(H,18,20). The van der Waals surface area contributed by atoms with E-state index in [1.54, 1.807) is 0 Å². The fourth-order valence-corrected chi connectivity index (χ4v) is 2.24. The fraction of sp³-hybridized carbons (Fsp3) is 0.133. The molecule has 0 aliphatic rings. The van der Waals surface area contributed by atoms with Crippen molar-refractivity contribution in [3.8, 4) is 11.5 Å². The minimum absolute atomic E-state index is 0.0263. The first kappa shape index (κ1) is 17.4. The first-order valence-corrected chi connectivity index (χ1v) is 7.02. The molecule has 8 nitrogen and oxygen atoms in total. The Hall–Kier alpha value is -3.00. The van der Waals surface area contributed by atoms with Crippen LogP contribution in [0.3, 0.4) is 0 Å². The molecule has 0 fully saturated rings. The van der Waals surface area contributed by atoms with E-state index in [1.807, 2.05) is 0 Å². The summed E-state index contributed by atoms with van der Waals surface area (Å²) in [5.74, 6) is 0.141. The van der Waals surface area contributed by atoms with E-state index in [4.69, 9.17) is 26.8 Å². The van der Waals surface area contributed by atoms with E-state index in [1.165, 1.54) is 38.5 Å². The summed E-state index contributed by atoms with van der Waals surface area (Å²) >= 11 is 6.04. The lowest BCUT2D eigenvalue weighted by molar-refractivity contribution is -0.383. The highest BCUT2D eigenvalue weighted by molar-refractivity contribution is 6.32. The molecule has 3 N–H and O–H groups in total. The van der Waals surface area contributed by atoms with Crippen LogP contribution in [0, 0.1) is 10.1 Å². The molecule has 1 amide bonds. The third kappa shape index (κ3) is 3.49. The molecule has 0 atom stereocenters. The quantitative estimate of drug-likeness (QED) is 0.485. The summed E-state index contributed by atoms with van der Waals surface area (Å²) in [6.07, 6.45) is 0. The van der Waals surface area contributed by atoms with Gasteiger partial charge in [0.2, 0.25) is 0 Å². The second kappa shape index (κ2) is 7.05. The maximum atomic E-state index is 12.3. The third-order valence-electron chi connectivity index (χ3n) is 3.21. The Morgan fingerprint density at radius 3 is 2.46 bits per heavy atom. The normalized spacial score (nSPS) is 10.1. The van der Waals surface area contributed by atoms with E-state index in [0.29, 0.717) is 17.2 Å². The van der Waals surface area contributed by atoms with Crippen molar-refractivity contribution in [2.24, 2.45) is 0 Å². The highest BCUT2D eigenvalue weighted by Crippen LogP contribution is 2.36. The van der Waals surface area contributed by atoms with Crippen molar-refractivity contribution in [1.29, 1.82) is 0 Å². The number of amides is 1. The number of nitrogens with one attached hydrogen (secondary N) is 1. The number of benzene rings is 2. The number of nitro benzene ring substituents is 1. The van der Waals surface area contributed by atoms with Crippen molar-refractivity contribution in [3.63, 3.8) is 0 Å². The molecule has 0 aliphatic carbocycles. The average molecular weight is 352 g/mol. The van der Waals surface area contributed by atoms with E-state index in [-0.39, 0.29) is 22.0 Å². The highest BCUT2D eigenvalue weighted by atomic mass is 35.5. The Morgan fingerprint density at radius 2 is 1.88 bits per heavy atom. The molecule has 2 aromatic carbocycles. The van der Waals surface area contributed by atoms with Gasteiger partial charge < -0.3 is 20.5 Å². The summed E-state index contributed by atoms with van der Waals surface area (Å²) in [5, 5.41) is 13.8. The molecule has 0 spiro atoms. The van der Waals surface area contributed by atoms with Crippen molar-refractivity contribution in [1.82, 2.24) is 0 Å². The van der Waals surface area contributed by atoms with E-state index in [2.05, 4.69) is 5.32 Å². The summed E-state index contributed by atoms with van der Waals surface area (Å²) in [7, 11) is 2.87. The van der Waals surface area contributed by atoms with E-state index < -0.39 is 10.8 Å². The monoisotopic (exact) mass is 351 g/mol. The molecule has 0 saturated heterocycles. The lowest BCUT2D eigenvalue weighted by Crippen LogP contribution is -2.13. The molecule has 24 heavy (non-hydrogen) atoms. The van der Waals surface area contributed by atoms with Crippen LogP contribution in [0.5, 0.6) is 11.5 Å². The zero-order valence-corrected chi connectivity index (χ0v) is 13.6. The summed E-state index contributed by atoms with van der Waals surface area (Å²) in [6, 6.07) is 6.76. The van der Waals surface area contributed by atoms with E-state index in [9.17, 15) is 14.9 Å². The lowest BCUT2D eigenvalue weighted by Gasteiger charge is -2.13. The summed E-state index contributed by atoms with van der Waals surface area (Å²) in [5.41, 5.74) is 5.52. The van der Waals surface area contributed by atoms with Crippen molar-refractivity contribution < 1.29 is 19.2 Å². The molecule has 0 bridgehead atoms. The van der Waals surface area contributed by atoms with Gasteiger partial charge in [0.1, 0.15) is 17.2 Å². The van der Waals surface area contributed by atoms with Gasteiger partial charge in [-0.15, -0.1) is 0 Å². The molecule has 2 rings (SSSR count). The number of nitrogens with zero attached hydrogens (tertiary/aromatic N) is 1. The van der Waals surface area contributed by atoms with Crippen molar-refractivity contribution >= 4 is 34.6 Å². The molecule has 0 heterocycles. The number of rotatable bonds is 5. The SMILES string of the molecule is COc1cc(OC)c(NC(=O)c2ccc(N)c([N+](=O)[O-])c2)cc1Cl. The second-order valence-corrected chi connectivity index (χ2v) is 5.08. The molecular weight excluding hydrogens is 338 g/mol. The van der Waals surface area contributed by atoms with Crippen molar-refractivity contribution in [3.05, 3.63) is 51.0 Å². The number of anilines is 2. The van der Waals surface area contributed by atoms with Gasteiger partial charge in [-0.3, -0.25) is 14.9 Å². The Kier molecular flexibility index (Phi) is 5.10. The predicted molar refractivity (Wildman–Crippen MR) is 90.0 cm³/mol. The maximum absolute atomic E-state index is 12.3. The Balaban J connectivity index is 2.35. The molecule has 2 aromatic rings. The number of hydrogen-bond donors (Lipinski definition) is 2. The zero-order chi connectivity index (χ0) is 17.9. The fourth-order valence-electron chi connectivity index (χ4n) is 2.00. The molecule has 0 aliphatic heterocycles. The topological polar surface area (TPSA) is 117 Å². The van der Waals surface area contributed by atoms with Crippen LogP contribution in [-0.4, -0.2) is 25.1 Å². The van der Waals surface area contributed by atoms with Crippen molar-refractivity contribution in [2.75, 3.05) is 25.3 Å². The second-order valence-electron chi connectivity index (χ2n) is 4.67. The van der Waals surface area contributed by atoms with Crippen LogP contribution >= 0.6 is 11.6 Å². The summed E-state index contributed by atoms with van der Waals surface area (Å²) < 4.78 is 10.3. The van der Waals surface area contributed by atoms with E-state index in [0.717, 1.165) is 6.07 Å². The van der Waals surface area contributed by atoms with E-state index >= 15 is 0 Å². The predicted octanol–water partition coefficient (Wildman–Crippen LogP) is 3.10. The minimum Gasteiger partial charge on any atom is -0.495 e. The van der Waals surface area contributed by atoms with Crippen LogP contribution in [0.15, 0.2) is 30.3 Å². The van der Waals surface area contributed by atoms with Gasteiger partial charge in [0.15, 0.2) is 0 Å². The molecule has 9 heteroatoms. The number of nitrogen functional groups attached to an aromatic ring is 1. The molecule has 0 radical (unpaired) electrons. The largest absolute Gasteiger partial charge is 0.495 e. The molecule has 0 unspecified atom stereocenters. The van der Waals surface area contributed by atoms with Gasteiger partial charge in [-0.05, 0) is 18.2 Å². The highest BCUT2D eigenvalue weighted by Gasteiger charge is 2.18. The van der Waals surface area contributed by atoms with Crippen LogP contribution in [0.1, 0.15) is 10.4 Å². The van der Waals surface area contributed by atoms with Gasteiger partial charge in [-0.2, -0.15) is 0 Å². The number of methoxy groups -OCH3 is 2. The van der Waals surface area contributed by atoms with Gasteiger partial charge in [0.25, 0.3) is 11.6 Å². The molecule has 0 saturated carbocycles. The van der Waals surface area contributed by atoms with Crippen LogP contribution in [0.4, 0.5) is 17.1 Å². The van der Waals surface area contributed by atoms with Crippen LogP contribution in [0.2, 0.25) is 5.02 Å². The van der Waals surface area contributed by atoms with Gasteiger partial charge >= 0.3 is 0 Å². The Bertz CT molecular complexity index is 810. The first-order chi connectivity index (χ1) is 11.4. The van der Waals surface area contributed by atoms with Crippen LogP contribution in [0.25, 0.3) is 0 Å². The van der Waals surface area contributed by atoms with Gasteiger partial charge in [-0.25, -0.2) is 0 Å². The number of ether oxygens (including phenoxy) is 2. The third-order valence-corrected chi connectivity index (χ3v) is 3.51. The Labute approximate surface area is 142 Å². The number of hydrogen-bond acceptors (Lipinski definition) is 6. The van der Waals surface area contributed by atoms with Crippen molar-refractivity contribution in [2.45, 2.75) is 0 Å². The maximum Gasteiger partial charge on any atom is 0.292 e. The van der Waals surface area contributed by atoms with Gasteiger partial charge in [0, 0.05) is 17.7 Å². The average Bonchev–Trinajstić information content (AvgIpc) is 2.55. The number of carbonyl (C=O) groups is 1. The summed E-state index contributed by atoms with van der Waals surface area (Å²) in [4.78, 5) is 22.6. The number of nitro groups is 1. The van der Waals surface area contributed by atoms with Gasteiger partial charge in [0.05, 0.1) is 29.9 Å². The molecule has 0 aromatic heterocycles. The van der Waals surface area contributed by atoms with Gasteiger partial charge in [-0.1, -0.05) is 11.6 Å². The molecular formula is C15H14ClN3O5. The Morgan fingerprint density at radius 1 is 1.21 bits per heavy atom. The van der Waals surface area contributed by atoms with Crippen LogP contribution in [-0.2, 0) is 0 Å². The summed E-state index contributed by atoms with van der Waals surface area (Å²) in [6.45, 7) is 0. The zero-order valence-electron chi connectivity index (χ0n) is 12.8. The minimum atomic E-state index is -0.656. The number of halogens is 1. The lowest BCUT2D eigenvalue weighted by atomic mass is 10.1. The smallest absolute Gasteiger partial charge is 0.292 e. The first-order valence-electron chi connectivity index (χ1n) is 6.64.